The molecule has 4 rings (SSSR count). The number of nitrogens with zero attached hydrogens (tertiary/aromatic N) is 6. The summed E-state index contributed by atoms with van der Waals surface area (Å²) in [5.74, 6) is 0.735. The van der Waals surface area contributed by atoms with Crippen LogP contribution in [0.4, 0.5) is 11.5 Å². The maximum Gasteiger partial charge on any atom is 0.297 e. The first-order chi connectivity index (χ1) is 13.2. The molecule has 8 heteroatoms. The van der Waals surface area contributed by atoms with Crippen molar-refractivity contribution in [3.8, 4) is 5.69 Å². The van der Waals surface area contributed by atoms with Gasteiger partial charge >= 0.3 is 0 Å². The Morgan fingerprint density at radius 2 is 1.85 bits per heavy atom. The van der Waals surface area contributed by atoms with Gasteiger partial charge in [0, 0.05) is 20.1 Å². The molecule has 1 aromatic carbocycles. The van der Waals surface area contributed by atoms with Crippen LogP contribution in [-0.2, 0) is 4.74 Å². The molecule has 3 heterocycles. The maximum atomic E-state index is 12.7. The Hall–Kier alpha value is -3.26. The Balaban J connectivity index is 1.48. The lowest BCUT2D eigenvalue weighted by Crippen LogP contribution is -2.36. The van der Waals surface area contributed by atoms with Gasteiger partial charge in [-0.2, -0.15) is 0 Å². The first-order valence-electron chi connectivity index (χ1n) is 8.76. The summed E-state index contributed by atoms with van der Waals surface area (Å²) in [6, 6.07) is 13.3. The molecular formula is C19H20N6O2. The van der Waals surface area contributed by atoms with Crippen LogP contribution >= 0.6 is 0 Å². The highest BCUT2D eigenvalue weighted by Crippen LogP contribution is 2.19. The van der Waals surface area contributed by atoms with Crippen molar-refractivity contribution in [2.75, 3.05) is 43.2 Å². The third-order valence-corrected chi connectivity index (χ3v) is 4.46. The van der Waals surface area contributed by atoms with Crippen molar-refractivity contribution in [1.29, 1.82) is 0 Å². The lowest BCUT2D eigenvalue weighted by atomic mass is 10.3. The van der Waals surface area contributed by atoms with Crippen molar-refractivity contribution in [3.63, 3.8) is 0 Å². The molecule has 0 bridgehead atoms. The van der Waals surface area contributed by atoms with Gasteiger partial charge in [0.2, 0.25) is 5.82 Å². The molecule has 1 aliphatic rings. The highest BCUT2D eigenvalue weighted by molar-refractivity contribution is 6.03. The van der Waals surface area contributed by atoms with Gasteiger partial charge in [-0.25, -0.2) is 14.6 Å². The van der Waals surface area contributed by atoms with E-state index in [-0.39, 0.29) is 11.7 Å². The van der Waals surface area contributed by atoms with Crippen molar-refractivity contribution < 1.29 is 9.53 Å². The summed E-state index contributed by atoms with van der Waals surface area (Å²) in [6.45, 7) is 3.05. The second-order valence-corrected chi connectivity index (χ2v) is 6.19. The molecule has 138 valence electrons. The summed E-state index contributed by atoms with van der Waals surface area (Å²) in [5.41, 5.74) is 1.54. The van der Waals surface area contributed by atoms with Gasteiger partial charge in [-0.3, -0.25) is 4.79 Å². The summed E-state index contributed by atoms with van der Waals surface area (Å²) < 4.78 is 6.94. The third-order valence-electron chi connectivity index (χ3n) is 4.46. The number of benzene rings is 1. The first kappa shape index (κ1) is 17.2. The van der Waals surface area contributed by atoms with Gasteiger partial charge in [0.15, 0.2) is 0 Å². The lowest BCUT2D eigenvalue weighted by Gasteiger charge is -2.28. The number of para-hydroxylation sites is 1. The molecule has 0 saturated carbocycles. The molecule has 27 heavy (non-hydrogen) atoms. The molecule has 0 atom stereocenters. The van der Waals surface area contributed by atoms with E-state index in [0.29, 0.717) is 18.9 Å². The Morgan fingerprint density at radius 1 is 1.07 bits per heavy atom. The van der Waals surface area contributed by atoms with Crippen LogP contribution in [0.2, 0.25) is 0 Å². The van der Waals surface area contributed by atoms with Crippen molar-refractivity contribution in [2.45, 2.75) is 0 Å². The molecule has 1 fully saturated rings. The van der Waals surface area contributed by atoms with Crippen LogP contribution in [0.15, 0.2) is 55.0 Å². The Morgan fingerprint density at radius 3 is 2.56 bits per heavy atom. The molecule has 0 radical (unpaired) electrons. The third kappa shape index (κ3) is 3.65. The van der Waals surface area contributed by atoms with Crippen LogP contribution in [0.3, 0.4) is 0 Å². The van der Waals surface area contributed by atoms with Gasteiger partial charge in [0.05, 0.1) is 30.8 Å². The maximum absolute atomic E-state index is 12.7. The SMILES string of the molecule is CN(C(=O)c1ncn(-c2ccccc2)n1)c1ccc(N2CCOCC2)nc1. The molecule has 2 aromatic heterocycles. The fraction of sp³-hybridized carbons (Fsp3) is 0.263. The van der Waals surface area contributed by atoms with Crippen LogP contribution in [-0.4, -0.2) is 59.0 Å². The van der Waals surface area contributed by atoms with Gasteiger partial charge in [0.1, 0.15) is 12.1 Å². The summed E-state index contributed by atoms with van der Waals surface area (Å²) in [4.78, 5) is 25.0. The highest BCUT2D eigenvalue weighted by Gasteiger charge is 2.19. The molecule has 0 N–H and O–H groups in total. The normalized spacial score (nSPS) is 14.2. The van der Waals surface area contributed by atoms with Gasteiger partial charge < -0.3 is 14.5 Å². The summed E-state index contributed by atoms with van der Waals surface area (Å²) in [6.07, 6.45) is 3.23. The number of amides is 1. The zero-order valence-electron chi connectivity index (χ0n) is 15.0. The number of morpholine rings is 1. The average molecular weight is 364 g/mol. The molecule has 8 nitrogen and oxygen atoms in total. The largest absolute Gasteiger partial charge is 0.378 e. The number of carbonyl (C=O) groups is 1. The highest BCUT2D eigenvalue weighted by atomic mass is 16.5. The smallest absolute Gasteiger partial charge is 0.297 e. The lowest BCUT2D eigenvalue weighted by molar-refractivity contribution is 0.0983. The van der Waals surface area contributed by atoms with Crippen LogP contribution in [0.5, 0.6) is 0 Å². The Labute approximate surface area is 157 Å². The van der Waals surface area contributed by atoms with E-state index in [0.717, 1.165) is 24.6 Å². The number of pyridine rings is 1. The standard InChI is InChI=1S/C19H20N6O2/c1-23(16-7-8-17(20-13-16)24-9-11-27-12-10-24)19(26)18-21-14-25(22-18)15-5-3-2-4-6-15/h2-8,13-14H,9-12H2,1H3. The van der Waals surface area contributed by atoms with Crippen molar-refractivity contribution >= 4 is 17.4 Å². The van der Waals surface area contributed by atoms with E-state index in [9.17, 15) is 4.79 Å². The van der Waals surface area contributed by atoms with Gasteiger partial charge in [-0.1, -0.05) is 18.2 Å². The topological polar surface area (TPSA) is 76.4 Å². The molecule has 0 unspecified atom stereocenters. The predicted molar refractivity (Wildman–Crippen MR) is 101 cm³/mol. The number of hydrogen-bond donors (Lipinski definition) is 0. The van der Waals surface area contributed by atoms with Crippen LogP contribution in [0.25, 0.3) is 5.69 Å². The fourth-order valence-corrected chi connectivity index (χ4v) is 2.89. The van der Waals surface area contributed by atoms with Gasteiger partial charge in [0.25, 0.3) is 5.91 Å². The van der Waals surface area contributed by atoms with E-state index >= 15 is 0 Å². The minimum absolute atomic E-state index is 0.138. The second-order valence-electron chi connectivity index (χ2n) is 6.19. The number of carbonyl (C=O) groups excluding carboxylic acids is 1. The zero-order valence-corrected chi connectivity index (χ0v) is 15.0. The van der Waals surface area contributed by atoms with Crippen molar-refractivity contribution in [1.82, 2.24) is 19.7 Å². The molecule has 0 spiro atoms. The van der Waals surface area contributed by atoms with Crippen LogP contribution < -0.4 is 9.80 Å². The molecule has 3 aromatic rings. The van der Waals surface area contributed by atoms with E-state index < -0.39 is 0 Å². The van der Waals surface area contributed by atoms with Crippen LogP contribution in [0, 0.1) is 0 Å². The Kier molecular flexibility index (Phi) is 4.80. The average Bonchev–Trinajstić information content (AvgIpc) is 3.24. The molecule has 1 amide bonds. The molecule has 1 saturated heterocycles. The number of hydrogen-bond acceptors (Lipinski definition) is 6. The van der Waals surface area contributed by atoms with E-state index in [2.05, 4.69) is 20.0 Å². The summed E-state index contributed by atoms with van der Waals surface area (Å²) in [7, 11) is 1.69. The van der Waals surface area contributed by atoms with E-state index in [1.807, 2.05) is 42.5 Å². The summed E-state index contributed by atoms with van der Waals surface area (Å²) in [5, 5.41) is 4.29. The quantitative estimate of drug-likeness (QED) is 0.702. The second kappa shape index (κ2) is 7.55. The molecule has 1 aliphatic heterocycles. The van der Waals surface area contributed by atoms with Gasteiger partial charge in [-0.15, -0.1) is 5.10 Å². The van der Waals surface area contributed by atoms with E-state index in [4.69, 9.17) is 4.74 Å². The number of rotatable bonds is 4. The number of ether oxygens (including phenoxy) is 1. The number of anilines is 2. The van der Waals surface area contributed by atoms with Crippen molar-refractivity contribution in [3.05, 3.63) is 60.8 Å². The zero-order chi connectivity index (χ0) is 18.6. The summed E-state index contributed by atoms with van der Waals surface area (Å²) >= 11 is 0. The Bertz CT molecular complexity index is 903. The minimum Gasteiger partial charge on any atom is -0.378 e. The minimum atomic E-state index is -0.286. The number of aromatic nitrogens is 4. The van der Waals surface area contributed by atoms with Crippen molar-refractivity contribution in [2.24, 2.45) is 0 Å². The monoisotopic (exact) mass is 364 g/mol. The molecule has 0 aliphatic carbocycles. The predicted octanol–water partition coefficient (Wildman–Crippen LogP) is 1.78. The van der Waals surface area contributed by atoms with E-state index in [1.165, 1.54) is 11.2 Å². The van der Waals surface area contributed by atoms with Crippen LogP contribution in [0.1, 0.15) is 10.6 Å². The first-order valence-corrected chi connectivity index (χ1v) is 8.76. The molecular weight excluding hydrogens is 344 g/mol. The van der Waals surface area contributed by atoms with Gasteiger partial charge in [-0.05, 0) is 24.3 Å². The fourth-order valence-electron chi connectivity index (χ4n) is 2.89. The van der Waals surface area contributed by atoms with E-state index in [1.54, 1.807) is 17.9 Å².